The SMILES string of the molecule is N#Cc1ccc(N(CCO)C2CCCC2)cc1F. The number of aliphatic hydroxyl groups excluding tert-OH is 1. The van der Waals surface area contributed by atoms with Crippen LogP contribution in [0.1, 0.15) is 31.2 Å². The Morgan fingerprint density at radius 2 is 2.11 bits per heavy atom. The summed E-state index contributed by atoms with van der Waals surface area (Å²) in [6, 6.07) is 6.86. The molecule has 3 nitrogen and oxygen atoms in total. The van der Waals surface area contributed by atoms with Crippen LogP contribution in [-0.4, -0.2) is 24.3 Å². The van der Waals surface area contributed by atoms with Gasteiger partial charge < -0.3 is 10.0 Å². The fraction of sp³-hybridized carbons (Fsp3) is 0.500. The molecule has 2 rings (SSSR count). The molecule has 0 amide bonds. The third-order valence-electron chi connectivity index (χ3n) is 3.51. The highest BCUT2D eigenvalue weighted by molar-refractivity contribution is 5.51. The number of hydrogen-bond acceptors (Lipinski definition) is 3. The summed E-state index contributed by atoms with van der Waals surface area (Å²) in [7, 11) is 0. The van der Waals surface area contributed by atoms with Gasteiger partial charge in [0, 0.05) is 18.3 Å². The van der Waals surface area contributed by atoms with Crippen molar-refractivity contribution >= 4 is 5.69 Å². The molecule has 1 aromatic carbocycles. The molecule has 1 aliphatic carbocycles. The standard InChI is InChI=1S/C14H17FN2O/c15-14-9-13(6-5-11(14)10-16)17(7-8-18)12-3-1-2-4-12/h5-6,9,12,18H,1-4,7-8H2. The summed E-state index contributed by atoms with van der Waals surface area (Å²) in [5.41, 5.74) is 0.821. The quantitative estimate of drug-likeness (QED) is 0.890. The highest BCUT2D eigenvalue weighted by Crippen LogP contribution is 2.28. The van der Waals surface area contributed by atoms with Gasteiger partial charge in [0.2, 0.25) is 0 Å². The largest absolute Gasteiger partial charge is 0.395 e. The van der Waals surface area contributed by atoms with E-state index in [0.717, 1.165) is 18.5 Å². The van der Waals surface area contributed by atoms with E-state index in [9.17, 15) is 4.39 Å². The van der Waals surface area contributed by atoms with Crippen LogP contribution in [0.2, 0.25) is 0 Å². The van der Waals surface area contributed by atoms with Crippen molar-refractivity contribution in [1.82, 2.24) is 0 Å². The zero-order valence-electron chi connectivity index (χ0n) is 10.3. The summed E-state index contributed by atoms with van der Waals surface area (Å²) < 4.78 is 13.6. The smallest absolute Gasteiger partial charge is 0.143 e. The van der Waals surface area contributed by atoms with Crippen LogP contribution in [0.4, 0.5) is 10.1 Å². The Kier molecular flexibility index (Phi) is 4.16. The van der Waals surface area contributed by atoms with E-state index in [1.54, 1.807) is 6.07 Å². The zero-order chi connectivity index (χ0) is 13.0. The van der Waals surface area contributed by atoms with E-state index < -0.39 is 5.82 Å². The summed E-state index contributed by atoms with van der Waals surface area (Å²) in [5.74, 6) is -0.490. The molecule has 18 heavy (non-hydrogen) atoms. The van der Waals surface area contributed by atoms with E-state index in [1.165, 1.54) is 25.0 Å². The topological polar surface area (TPSA) is 47.3 Å². The Bertz CT molecular complexity index is 450. The van der Waals surface area contributed by atoms with Crippen molar-refractivity contribution in [2.24, 2.45) is 0 Å². The van der Waals surface area contributed by atoms with Gasteiger partial charge in [-0.15, -0.1) is 0 Å². The molecule has 96 valence electrons. The number of halogens is 1. The van der Waals surface area contributed by atoms with Crippen LogP contribution in [0.5, 0.6) is 0 Å². The van der Waals surface area contributed by atoms with Crippen LogP contribution in [0.25, 0.3) is 0 Å². The number of benzene rings is 1. The van der Waals surface area contributed by atoms with Gasteiger partial charge in [-0.25, -0.2) is 4.39 Å². The molecule has 0 aliphatic heterocycles. The molecule has 1 N–H and O–H groups in total. The van der Waals surface area contributed by atoms with Crippen molar-refractivity contribution in [3.05, 3.63) is 29.6 Å². The minimum atomic E-state index is -0.490. The number of aliphatic hydroxyl groups is 1. The average Bonchev–Trinajstić information content (AvgIpc) is 2.89. The summed E-state index contributed by atoms with van der Waals surface area (Å²) in [4.78, 5) is 2.05. The van der Waals surface area contributed by atoms with Gasteiger partial charge in [-0.2, -0.15) is 5.26 Å². The Labute approximate surface area is 106 Å². The van der Waals surface area contributed by atoms with Crippen molar-refractivity contribution in [2.45, 2.75) is 31.7 Å². The van der Waals surface area contributed by atoms with Crippen molar-refractivity contribution in [3.63, 3.8) is 0 Å². The Morgan fingerprint density at radius 1 is 1.39 bits per heavy atom. The van der Waals surface area contributed by atoms with E-state index >= 15 is 0 Å². The molecule has 1 saturated carbocycles. The predicted molar refractivity (Wildman–Crippen MR) is 67.8 cm³/mol. The molecular formula is C14H17FN2O. The Balaban J connectivity index is 2.25. The van der Waals surface area contributed by atoms with Crippen molar-refractivity contribution in [2.75, 3.05) is 18.1 Å². The zero-order valence-corrected chi connectivity index (χ0v) is 10.3. The van der Waals surface area contributed by atoms with E-state index in [-0.39, 0.29) is 12.2 Å². The summed E-state index contributed by atoms with van der Waals surface area (Å²) in [6.45, 7) is 0.564. The van der Waals surface area contributed by atoms with Gasteiger partial charge in [0.1, 0.15) is 11.9 Å². The van der Waals surface area contributed by atoms with Crippen molar-refractivity contribution in [3.8, 4) is 6.07 Å². The monoisotopic (exact) mass is 248 g/mol. The van der Waals surface area contributed by atoms with Crippen LogP contribution in [0.15, 0.2) is 18.2 Å². The molecule has 0 heterocycles. The summed E-state index contributed by atoms with van der Waals surface area (Å²) >= 11 is 0. The molecule has 0 bridgehead atoms. The molecular weight excluding hydrogens is 231 g/mol. The van der Waals surface area contributed by atoms with Crippen LogP contribution in [0, 0.1) is 17.1 Å². The third kappa shape index (κ3) is 2.62. The number of anilines is 1. The molecule has 0 unspecified atom stereocenters. The number of nitrogens with zero attached hydrogens (tertiary/aromatic N) is 2. The molecule has 0 radical (unpaired) electrons. The first-order chi connectivity index (χ1) is 8.76. The van der Waals surface area contributed by atoms with Crippen molar-refractivity contribution in [1.29, 1.82) is 5.26 Å². The summed E-state index contributed by atoms with van der Waals surface area (Å²) in [5, 5.41) is 17.9. The van der Waals surface area contributed by atoms with Crippen LogP contribution >= 0.6 is 0 Å². The molecule has 1 aliphatic rings. The van der Waals surface area contributed by atoms with E-state index in [0.29, 0.717) is 12.6 Å². The molecule has 0 saturated heterocycles. The highest BCUT2D eigenvalue weighted by Gasteiger charge is 2.23. The number of rotatable bonds is 4. The molecule has 4 heteroatoms. The number of nitriles is 1. The third-order valence-corrected chi connectivity index (χ3v) is 3.51. The molecule has 1 aromatic rings. The van der Waals surface area contributed by atoms with Crippen molar-refractivity contribution < 1.29 is 9.50 Å². The highest BCUT2D eigenvalue weighted by atomic mass is 19.1. The molecule has 0 spiro atoms. The van der Waals surface area contributed by atoms with Gasteiger partial charge in [-0.05, 0) is 31.0 Å². The minimum Gasteiger partial charge on any atom is -0.395 e. The maximum Gasteiger partial charge on any atom is 0.143 e. The van der Waals surface area contributed by atoms with E-state index in [4.69, 9.17) is 10.4 Å². The predicted octanol–water partition coefficient (Wildman–Crippen LogP) is 2.44. The average molecular weight is 248 g/mol. The number of hydrogen-bond donors (Lipinski definition) is 1. The second kappa shape index (κ2) is 5.83. The lowest BCUT2D eigenvalue weighted by Gasteiger charge is -2.30. The molecule has 0 aromatic heterocycles. The second-order valence-electron chi connectivity index (χ2n) is 4.63. The van der Waals surface area contributed by atoms with Gasteiger partial charge in [-0.3, -0.25) is 0 Å². The lowest BCUT2D eigenvalue weighted by atomic mass is 10.1. The summed E-state index contributed by atoms with van der Waals surface area (Å²) in [6.07, 6.45) is 4.54. The van der Waals surface area contributed by atoms with Gasteiger partial charge in [-0.1, -0.05) is 12.8 Å². The first kappa shape index (κ1) is 12.8. The first-order valence-electron chi connectivity index (χ1n) is 6.33. The van der Waals surface area contributed by atoms with Crippen LogP contribution in [0.3, 0.4) is 0 Å². The normalized spacial score (nSPS) is 15.6. The van der Waals surface area contributed by atoms with Crippen LogP contribution < -0.4 is 4.90 Å². The lowest BCUT2D eigenvalue weighted by Crippen LogP contribution is -2.35. The maximum absolute atomic E-state index is 13.6. The first-order valence-corrected chi connectivity index (χ1v) is 6.33. The Morgan fingerprint density at radius 3 is 2.67 bits per heavy atom. The van der Waals surface area contributed by atoms with Gasteiger partial charge in [0.05, 0.1) is 12.2 Å². The molecule has 0 atom stereocenters. The van der Waals surface area contributed by atoms with Gasteiger partial charge in [0.15, 0.2) is 0 Å². The fourth-order valence-corrected chi connectivity index (χ4v) is 2.62. The molecule has 1 fully saturated rings. The maximum atomic E-state index is 13.6. The Hall–Kier alpha value is -1.60. The lowest BCUT2D eigenvalue weighted by molar-refractivity contribution is 0.297. The fourth-order valence-electron chi connectivity index (χ4n) is 2.62. The van der Waals surface area contributed by atoms with E-state index in [2.05, 4.69) is 4.90 Å². The second-order valence-corrected chi connectivity index (χ2v) is 4.63. The minimum absolute atomic E-state index is 0.0537. The van der Waals surface area contributed by atoms with Gasteiger partial charge in [0.25, 0.3) is 0 Å². The van der Waals surface area contributed by atoms with Crippen LogP contribution in [-0.2, 0) is 0 Å². The van der Waals surface area contributed by atoms with Gasteiger partial charge >= 0.3 is 0 Å². The van der Waals surface area contributed by atoms with E-state index in [1.807, 2.05) is 6.07 Å².